The lowest BCUT2D eigenvalue weighted by molar-refractivity contribution is 0.0750. The van der Waals surface area contributed by atoms with Gasteiger partial charge in [-0.15, -0.1) is 11.3 Å². The number of amides is 1. The number of carbonyl (C=O) groups excluding carboxylic acids is 1. The van der Waals surface area contributed by atoms with Crippen molar-refractivity contribution in [3.8, 4) is 0 Å². The van der Waals surface area contributed by atoms with Crippen molar-refractivity contribution in [1.29, 1.82) is 0 Å². The highest BCUT2D eigenvalue weighted by molar-refractivity contribution is 9.11. The molecule has 98 valence electrons. The number of rotatable bonds is 2. The molecule has 0 N–H and O–H groups in total. The van der Waals surface area contributed by atoms with Crippen molar-refractivity contribution >= 4 is 33.2 Å². The SMILES string of the molecule is O=C1c2ccccc2CCCN1Cc1ccc(Br)s1. The van der Waals surface area contributed by atoms with Gasteiger partial charge in [0.05, 0.1) is 10.3 Å². The van der Waals surface area contributed by atoms with Crippen LogP contribution in [0, 0.1) is 0 Å². The Morgan fingerprint density at radius 3 is 2.84 bits per heavy atom. The van der Waals surface area contributed by atoms with E-state index in [-0.39, 0.29) is 5.91 Å². The van der Waals surface area contributed by atoms with Gasteiger partial charge in [0.15, 0.2) is 0 Å². The van der Waals surface area contributed by atoms with Gasteiger partial charge in [-0.2, -0.15) is 0 Å². The van der Waals surface area contributed by atoms with Gasteiger partial charge in [-0.1, -0.05) is 18.2 Å². The second kappa shape index (κ2) is 5.47. The predicted molar refractivity (Wildman–Crippen MR) is 81.5 cm³/mol. The maximum atomic E-state index is 12.6. The molecule has 2 heterocycles. The zero-order chi connectivity index (χ0) is 13.2. The van der Waals surface area contributed by atoms with E-state index in [0.717, 1.165) is 28.7 Å². The first-order chi connectivity index (χ1) is 9.24. The minimum absolute atomic E-state index is 0.164. The number of hydrogen-bond donors (Lipinski definition) is 0. The molecule has 4 heteroatoms. The zero-order valence-electron chi connectivity index (χ0n) is 10.4. The van der Waals surface area contributed by atoms with E-state index in [1.54, 1.807) is 11.3 Å². The molecule has 0 unspecified atom stereocenters. The van der Waals surface area contributed by atoms with Crippen LogP contribution >= 0.6 is 27.3 Å². The van der Waals surface area contributed by atoms with Gasteiger partial charge in [0.2, 0.25) is 0 Å². The van der Waals surface area contributed by atoms with E-state index in [0.29, 0.717) is 6.54 Å². The monoisotopic (exact) mass is 335 g/mol. The average Bonchev–Trinajstić information content (AvgIpc) is 2.75. The Kier molecular flexibility index (Phi) is 3.71. The van der Waals surface area contributed by atoms with Crippen LogP contribution in [-0.2, 0) is 13.0 Å². The first-order valence-electron chi connectivity index (χ1n) is 6.35. The lowest BCUT2D eigenvalue weighted by Crippen LogP contribution is -2.30. The Bertz CT molecular complexity index is 608. The van der Waals surface area contributed by atoms with Crippen molar-refractivity contribution in [2.45, 2.75) is 19.4 Å². The quantitative estimate of drug-likeness (QED) is 0.809. The summed E-state index contributed by atoms with van der Waals surface area (Å²) in [6, 6.07) is 12.1. The summed E-state index contributed by atoms with van der Waals surface area (Å²) in [6.07, 6.45) is 2.03. The van der Waals surface area contributed by atoms with E-state index in [2.05, 4.69) is 28.1 Å². The maximum absolute atomic E-state index is 12.6. The summed E-state index contributed by atoms with van der Waals surface area (Å²) in [5.74, 6) is 0.164. The number of nitrogens with zero attached hydrogens (tertiary/aromatic N) is 1. The Morgan fingerprint density at radius 1 is 1.21 bits per heavy atom. The van der Waals surface area contributed by atoms with E-state index in [1.807, 2.05) is 29.2 Å². The molecule has 1 aliphatic rings. The van der Waals surface area contributed by atoms with Gasteiger partial charge >= 0.3 is 0 Å². The predicted octanol–water partition coefficient (Wildman–Crippen LogP) is 4.10. The van der Waals surface area contributed by atoms with E-state index in [1.165, 1.54) is 10.4 Å². The number of carbonyl (C=O) groups is 1. The molecule has 0 radical (unpaired) electrons. The van der Waals surface area contributed by atoms with Crippen molar-refractivity contribution in [3.05, 3.63) is 56.2 Å². The summed E-state index contributed by atoms with van der Waals surface area (Å²) in [7, 11) is 0. The first kappa shape index (κ1) is 12.9. The van der Waals surface area contributed by atoms with Gasteiger partial charge in [-0.3, -0.25) is 4.79 Å². The number of hydrogen-bond acceptors (Lipinski definition) is 2. The molecule has 1 aromatic carbocycles. The lowest BCUT2D eigenvalue weighted by Gasteiger charge is -2.20. The second-order valence-corrected chi connectivity index (χ2v) is 7.24. The maximum Gasteiger partial charge on any atom is 0.254 e. The van der Waals surface area contributed by atoms with Crippen LogP contribution in [0.3, 0.4) is 0 Å². The third kappa shape index (κ3) is 2.74. The largest absolute Gasteiger partial charge is 0.333 e. The van der Waals surface area contributed by atoms with Crippen LogP contribution < -0.4 is 0 Å². The summed E-state index contributed by atoms with van der Waals surface area (Å²) in [6.45, 7) is 1.55. The van der Waals surface area contributed by atoms with Crippen LogP contribution in [0.2, 0.25) is 0 Å². The van der Waals surface area contributed by atoms with Crippen molar-refractivity contribution < 1.29 is 4.79 Å². The van der Waals surface area contributed by atoms with Crippen LogP contribution in [-0.4, -0.2) is 17.4 Å². The fourth-order valence-electron chi connectivity index (χ4n) is 2.45. The molecule has 19 heavy (non-hydrogen) atoms. The highest BCUT2D eigenvalue weighted by atomic mass is 79.9. The molecule has 0 bridgehead atoms. The zero-order valence-corrected chi connectivity index (χ0v) is 12.8. The molecule has 0 fully saturated rings. The number of aryl methyl sites for hydroxylation is 1. The van der Waals surface area contributed by atoms with E-state index in [9.17, 15) is 4.79 Å². The molecule has 1 amide bonds. The Balaban J connectivity index is 1.85. The van der Waals surface area contributed by atoms with E-state index >= 15 is 0 Å². The topological polar surface area (TPSA) is 20.3 Å². The lowest BCUT2D eigenvalue weighted by atomic mass is 10.0. The van der Waals surface area contributed by atoms with Gasteiger partial charge < -0.3 is 4.90 Å². The molecular weight excluding hydrogens is 322 g/mol. The minimum Gasteiger partial charge on any atom is -0.333 e. The number of benzene rings is 1. The number of halogens is 1. The van der Waals surface area contributed by atoms with Gasteiger partial charge in [0.1, 0.15) is 0 Å². The van der Waals surface area contributed by atoms with Crippen LogP contribution in [0.5, 0.6) is 0 Å². The van der Waals surface area contributed by atoms with E-state index in [4.69, 9.17) is 0 Å². The summed E-state index contributed by atoms with van der Waals surface area (Å²) in [5.41, 5.74) is 2.05. The molecule has 2 nitrogen and oxygen atoms in total. The molecule has 1 aliphatic heterocycles. The highest BCUT2D eigenvalue weighted by Crippen LogP contribution is 2.25. The van der Waals surface area contributed by atoms with Crippen LogP contribution in [0.4, 0.5) is 0 Å². The summed E-state index contributed by atoms with van der Waals surface area (Å²) in [4.78, 5) is 15.8. The normalized spacial score (nSPS) is 15.2. The van der Waals surface area contributed by atoms with Gasteiger partial charge in [0, 0.05) is 17.0 Å². The number of thiophene rings is 1. The van der Waals surface area contributed by atoms with Crippen molar-refractivity contribution in [2.75, 3.05) is 6.54 Å². The average molecular weight is 336 g/mol. The molecule has 0 saturated heterocycles. The van der Waals surface area contributed by atoms with Crippen molar-refractivity contribution in [1.82, 2.24) is 4.90 Å². The van der Waals surface area contributed by atoms with Gasteiger partial charge in [0.25, 0.3) is 5.91 Å². The second-order valence-electron chi connectivity index (χ2n) is 4.69. The standard InChI is InChI=1S/C15H14BrNOS/c16-14-8-7-12(19-14)10-17-9-3-5-11-4-1-2-6-13(11)15(17)18/h1-2,4,6-8H,3,5,9-10H2. The Hall–Kier alpha value is -1.13. The molecule has 3 rings (SSSR count). The fraction of sp³-hybridized carbons (Fsp3) is 0.267. The van der Waals surface area contributed by atoms with Crippen LogP contribution in [0.25, 0.3) is 0 Å². The summed E-state index contributed by atoms with van der Waals surface area (Å²) >= 11 is 5.16. The number of fused-ring (bicyclic) bond motifs is 1. The molecule has 2 aromatic rings. The summed E-state index contributed by atoms with van der Waals surface area (Å²) < 4.78 is 1.12. The van der Waals surface area contributed by atoms with Crippen LogP contribution in [0.1, 0.15) is 27.2 Å². The smallest absolute Gasteiger partial charge is 0.254 e. The molecule has 0 atom stereocenters. The van der Waals surface area contributed by atoms with Crippen molar-refractivity contribution in [3.63, 3.8) is 0 Å². The van der Waals surface area contributed by atoms with E-state index < -0.39 is 0 Å². The van der Waals surface area contributed by atoms with Gasteiger partial charge in [-0.05, 0) is 52.5 Å². The molecule has 0 saturated carbocycles. The molecular formula is C15H14BrNOS. The first-order valence-corrected chi connectivity index (χ1v) is 7.96. The molecule has 0 aliphatic carbocycles. The molecule has 0 spiro atoms. The summed E-state index contributed by atoms with van der Waals surface area (Å²) in [5, 5.41) is 0. The third-order valence-corrected chi connectivity index (χ3v) is 4.99. The minimum atomic E-state index is 0.164. The molecule has 1 aromatic heterocycles. The fourth-order valence-corrected chi connectivity index (χ4v) is 3.95. The third-order valence-electron chi connectivity index (χ3n) is 3.38. The van der Waals surface area contributed by atoms with Gasteiger partial charge in [-0.25, -0.2) is 0 Å². The van der Waals surface area contributed by atoms with Crippen LogP contribution in [0.15, 0.2) is 40.2 Å². The Labute approximate surface area is 125 Å². The highest BCUT2D eigenvalue weighted by Gasteiger charge is 2.22. The van der Waals surface area contributed by atoms with Crippen molar-refractivity contribution in [2.24, 2.45) is 0 Å². The Morgan fingerprint density at radius 2 is 2.05 bits per heavy atom.